The molecular formula is C12H11ClFN3O. The van der Waals surface area contributed by atoms with E-state index in [0.717, 1.165) is 0 Å². The van der Waals surface area contributed by atoms with Crippen LogP contribution in [0.2, 0.25) is 5.02 Å². The van der Waals surface area contributed by atoms with Crippen molar-refractivity contribution in [3.63, 3.8) is 0 Å². The predicted molar refractivity (Wildman–Crippen MR) is 66.5 cm³/mol. The quantitative estimate of drug-likeness (QED) is 0.928. The van der Waals surface area contributed by atoms with E-state index in [1.807, 2.05) is 0 Å². The highest BCUT2D eigenvalue weighted by atomic mass is 35.5. The van der Waals surface area contributed by atoms with E-state index in [2.05, 4.69) is 4.98 Å². The van der Waals surface area contributed by atoms with Gasteiger partial charge in [0.25, 0.3) is 0 Å². The lowest BCUT2D eigenvalue weighted by molar-refractivity contribution is -0.120. The molecule has 0 spiro atoms. The maximum Gasteiger partial charge on any atom is 0.240 e. The molecule has 18 heavy (non-hydrogen) atoms. The number of carbonyl (C=O) groups is 1. The minimum absolute atomic E-state index is 0.164. The van der Waals surface area contributed by atoms with Gasteiger partial charge >= 0.3 is 0 Å². The number of rotatable bonds is 3. The van der Waals surface area contributed by atoms with Crippen LogP contribution in [0, 0.1) is 5.82 Å². The van der Waals surface area contributed by atoms with Crippen molar-refractivity contribution < 1.29 is 9.18 Å². The topological polar surface area (TPSA) is 60.9 Å². The first-order valence-corrected chi connectivity index (χ1v) is 5.66. The SMILES string of the molecule is CC(C(N)=O)n1ccnc1-c1c(F)cccc1Cl. The zero-order valence-electron chi connectivity index (χ0n) is 9.60. The van der Waals surface area contributed by atoms with Crippen LogP contribution in [-0.2, 0) is 4.79 Å². The lowest BCUT2D eigenvalue weighted by Crippen LogP contribution is -2.24. The molecule has 2 rings (SSSR count). The Hall–Kier alpha value is -1.88. The van der Waals surface area contributed by atoms with Gasteiger partial charge < -0.3 is 10.3 Å². The van der Waals surface area contributed by atoms with Gasteiger partial charge in [-0.15, -0.1) is 0 Å². The Kier molecular flexibility index (Phi) is 3.34. The summed E-state index contributed by atoms with van der Waals surface area (Å²) in [5.74, 6) is -0.738. The summed E-state index contributed by atoms with van der Waals surface area (Å²) in [7, 11) is 0. The van der Waals surface area contributed by atoms with Crippen molar-refractivity contribution in [2.75, 3.05) is 0 Å². The minimum atomic E-state index is -0.627. The maximum absolute atomic E-state index is 13.8. The summed E-state index contributed by atoms with van der Waals surface area (Å²) in [5.41, 5.74) is 5.40. The molecule has 0 radical (unpaired) electrons. The Morgan fingerprint density at radius 2 is 2.28 bits per heavy atom. The lowest BCUT2D eigenvalue weighted by atomic mass is 10.2. The van der Waals surface area contributed by atoms with Gasteiger partial charge in [0.05, 0.1) is 10.6 Å². The summed E-state index contributed by atoms with van der Waals surface area (Å²) in [5, 5.41) is 0.235. The van der Waals surface area contributed by atoms with Crippen molar-refractivity contribution >= 4 is 17.5 Å². The molecule has 1 aromatic carbocycles. The molecule has 94 valence electrons. The first kappa shape index (κ1) is 12.6. The Labute approximate surface area is 108 Å². The van der Waals surface area contributed by atoms with Crippen LogP contribution in [0.1, 0.15) is 13.0 Å². The van der Waals surface area contributed by atoms with E-state index in [0.29, 0.717) is 0 Å². The summed E-state index contributed by atoms with van der Waals surface area (Å²) in [4.78, 5) is 15.2. The number of nitrogens with zero attached hydrogens (tertiary/aromatic N) is 2. The molecule has 0 aliphatic heterocycles. The number of hydrogen-bond acceptors (Lipinski definition) is 2. The third-order valence-corrected chi connectivity index (χ3v) is 3.00. The van der Waals surface area contributed by atoms with Gasteiger partial charge in [-0.1, -0.05) is 17.7 Å². The molecule has 1 atom stereocenters. The van der Waals surface area contributed by atoms with E-state index in [1.54, 1.807) is 19.2 Å². The summed E-state index contributed by atoms with van der Waals surface area (Å²) in [6.07, 6.45) is 3.03. The number of nitrogens with two attached hydrogens (primary N) is 1. The summed E-state index contributed by atoms with van der Waals surface area (Å²) in [6, 6.07) is 3.73. The number of carbonyl (C=O) groups excluding carboxylic acids is 1. The Morgan fingerprint density at radius 3 is 2.89 bits per heavy atom. The molecule has 2 N–H and O–H groups in total. The Balaban J connectivity index is 2.59. The fraction of sp³-hybridized carbons (Fsp3) is 0.167. The number of primary amides is 1. The first-order valence-electron chi connectivity index (χ1n) is 5.29. The number of amides is 1. The zero-order chi connectivity index (χ0) is 13.3. The van der Waals surface area contributed by atoms with Crippen molar-refractivity contribution in [3.05, 3.63) is 41.4 Å². The van der Waals surface area contributed by atoms with Crippen LogP contribution in [0.3, 0.4) is 0 Å². The fourth-order valence-corrected chi connectivity index (χ4v) is 1.92. The third-order valence-electron chi connectivity index (χ3n) is 2.68. The van der Waals surface area contributed by atoms with Gasteiger partial charge in [-0.05, 0) is 19.1 Å². The van der Waals surface area contributed by atoms with Crippen LogP contribution in [-0.4, -0.2) is 15.5 Å². The summed E-state index contributed by atoms with van der Waals surface area (Å²) < 4.78 is 15.3. The van der Waals surface area contributed by atoms with Gasteiger partial charge in [0.1, 0.15) is 17.7 Å². The van der Waals surface area contributed by atoms with Crippen molar-refractivity contribution in [1.29, 1.82) is 0 Å². The van der Waals surface area contributed by atoms with Gasteiger partial charge in [0.2, 0.25) is 5.91 Å². The van der Waals surface area contributed by atoms with Gasteiger partial charge in [0.15, 0.2) is 0 Å². The zero-order valence-corrected chi connectivity index (χ0v) is 10.4. The second-order valence-corrected chi connectivity index (χ2v) is 4.24. The molecule has 0 bridgehead atoms. The third kappa shape index (κ3) is 2.09. The maximum atomic E-state index is 13.8. The Morgan fingerprint density at radius 1 is 1.56 bits per heavy atom. The van der Waals surface area contributed by atoms with Gasteiger partial charge in [-0.3, -0.25) is 4.79 Å². The Bertz CT molecular complexity index is 577. The normalized spacial score (nSPS) is 12.4. The van der Waals surface area contributed by atoms with E-state index < -0.39 is 17.8 Å². The molecule has 0 saturated carbocycles. The van der Waals surface area contributed by atoms with Crippen LogP contribution < -0.4 is 5.73 Å². The highest BCUT2D eigenvalue weighted by molar-refractivity contribution is 6.33. The molecule has 1 aromatic heterocycles. The average Bonchev–Trinajstić information content (AvgIpc) is 2.76. The van der Waals surface area contributed by atoms with E-state index in [9.17, 15) is 9.18 Å². The van der Waals surface area contributed by atoms with Crippen LogP contribution in [0.25, 0.3) is 11.4 Å². The van der Waals surface area contributed by atoms with Crippen LogP contribution in [0.15, 0.2) is 30.6 Å². The summed E-state index contributed by atoms with van der Waals surface area (Å²) in [6.45, 7) is 1.61. The fourth-order valence-electron chi connectivity index (χ4n) is 1.67. The monoisotopic (exact) mass is 267 g/mol. The highest BCUT2D eigenvalue weighted by Gasteiger charge is 2.20. The number of benzene rings is 1. The number of hydrogen-bond donors (Lipinski definition) is 1. The largest absolute Gasteiger partial charge is 0.368 e. The van der Waals surface area contributed by atoms with Crippen molar-refractivity contribution in [1.82, 2.24) is 9.55 Å². The summed E-state index contributed by atoms with van der Waals surface area (Å²) >= 11 is 5.97. The minimum Gasteiger partial charge on any atom is -0.368 e. The van der Waals surface area contributed by atoms with E-state index in [1.165, 1.54) is 22.9 Å². The van der Waals surface area contributed by atoms with Gasteiger partial charge in [-0.2, -0.15) is 0 Å². The smallest absolute Gasteiger partial charge is 0.240 e. The van der Waals surface area contributed by atoms with E-state index in [4.69, 9.17) is 17.3 Å². The molecule has 4 nitrogen and oxygen atoms in total. The first-order chi connectivity index (χ1) is 8.52. The predicted octanol–water partition coefficient (Wildman–Crippen LogP) is 2.39. The number of halogens is 2. The molecule has 0 aliphatic carbocycles. The van der Waals surface area contributed by atoms with Crippen LogP contribution in [0.4, 0.5) is 4.39 Å². The van der Waals surface area contributed by atoms with Crippen LogP contribution in [0.5, 0.6) is 0 Å². The van der Waals surface area contributed by atoms with Crippen molar-refractivity contribution in [2.45, 2.75) is 13.0 Å². The molecule has 0 aliphatic rings. The lowest BCUT2D eigenvalue weighted by Gasteiger charge is -2.14. The second-order valence-electron chi connectivity index (χ2n) is 3.83. The van der Waals surface area contributed by atoms with Crippen molar-refractivity contribution in [2.24, 2.45) is 5.73 Å². The van der Waals surface area contributed by atoms with Gasteiger partial charge in [0, 0.05) is 12.4 Å². The molecule has 1 unspecified atom stereocenters. The van der Waals surface area contributed by atoms with E-state index in [-0.39, 0.29) is 16.4 Å². The molecular weight excluding hydrogens is 257 g/mol. The molecule has 6 heteroatoms. The molecule has 2 aromatic rings. The molecule has 1 amide bonds. The standard InChI is InChI=1S/C12H11ClFN3O/c1-7(11(15)18)17-6-5-16-12(17)10-8(13)3-2-4-9(10)14/h2-7H,1H3,(H2,15,18). The molecule has 1 heterocycles. The molecule has 0 saturated heterocycles. The number of aromatic nitrogens is 2. The molecule has 0 fully saturated rings. The van der Waals surface area contributed by atoms with Crippen molar-refractivity contribution in [3.8, 4) is 11.4 Å². The van der Waals surface area contributed by atoms with E-state index >= 15 is 0 Å². The second kappa shape index (κ2) is 4.78. The van der Waals surface area contributed by atoms with Gasteiger partial charge in [-0.25, -0.2) is 9.37 Å². The highest BCUT2D eigenvalue weighted by Crippen LogP contribution is 2.30. The van der Waals surface area contributed by atoms with Crippen LogP contribution >= 0.6 is 11.6 Å². The average molecular weight is 268 g/mol. The number of imidazole rings is 1.